The van der Waals surface area contributed by atoms with Crippen LogP contribution in [0.1, 0.15) is 31.2 Å². The number of hydrogen-bond acceptors (Lipinski definition) is 2. The Kier molecular flexibility index (Phi) is 4.29. The van der Waals surface area contributed by atoms with Crippen LogP contribution in [-0.4, -0.2) is 11.1 Å². The van der Waals surface area contributed by atoms with E-state index in [2.05, 4.69) is 15.9 Å². The fourth-order valence-electron chi connectivity index (χ4n) is 1.59. The zero-order valence-electron chi connectivity index (χ0n) is 8.84. The second-order valence-electron chi connectivity index (χ2n) is 3.57. The maximum absolute atomic E-state index is 13.2. The van der Waals surface area contributed by atoms with Gasteiger partial charge in [0.25, 0.3) is 0 Å². The number of nitrogen functional groups attached to an aromatic ring is 1. The highest BCUT2D eigenvalue weighted by molar-refractivity contribution is 9.10. The molecule has 0 amide bonds. The highest BCUT2D eigenvalue weighted by atomic mass is 79.9. The van der Waals surface area contributed by atoms with E-state index >= 15 is 0 Å². The van der Waals surface area contributed by atoms with Crippen LogP contribution in [0.25, 0.3) is 0 Å². The average molecular weight is 290 g/mol. The fourth-order valence-corrected chi connectivity index (χ4v) is 2.04. The van der Waals surface area contributed by atoms with Crippen molar-refractivity contribution in [3.63, 3.8) is 0 Å². The summed E-state index contributed by atoms with van der Waals surface area (Å²) in [6, 6.07) is 2.41. The Morgan fingerprint density at radius 1 is 1.62 bits per heavy atom. The minimum absolute atomic E-state index is 0.294. The first-order valence-corrected chi connectivity index (χ1v) is 5.73. The van der Waals surface area contributed by atoms with Crippen molar-refractivity contribution in [2.45, 2.75) is 25.7 Å². The molecule has 1 rings (SSSR count). The number of carboxylic acids is 1. The zero-order valence-corrected chi connectivity index (χ0v) is 10.4. The summed E-state index contributed by atoms with van der Waals surface area (Å²) in [7, 11) is 0. The smallest absolute Gasteiger partial charge is 0.311 e. The topological polar surface area (TPSA) is 63.3 Å². The second-order valence-corrected chi connectivity index (χ2v) is 4.42. The van der Waals surface area contributed by atoms with Gasteiger partial charge in [0.1, 0.15) is 5.82 Å². The number of nitrogens with two attached hydrogens (primary N) is 1. The van der Waals surface area contributed by atoms with Gasteiger partial charge in [-0.3, -0.25) is 4.79 Å². The molecule has 0 bridgehead atoms. The third kappa shape index (κ3) is 2.72. The number of halogens is 2. The van der Waals surface area contributed by atoms with Crippen molar-refractivity contribution in [3.8, 4) is 0 Å². The van der Waals surface area contributed by atoms with Crippen LogP contribution in [0, 0.1) is 5.82 Å². The molecule has 1 aromatic rings. The maximum Gasteiger partial charge on any atom is 0.311 e. The van der Waals surface area contributed by atoms with Crippen molar-refractivity contribution >= 4 is 27.6 Å². The van der Waals surface area contributed by atoms with Gasteiger partial charge >= 0.3 is 5.97 Å². The number of rotatable bonds is 4. The highest BCUT2D eigenvalue weighted by Gasteiger charge is 2.22. The van der Waals surface area contributed by atoms with Crippen LogP contribution < -0.4 is 5.73 Å². The highest BCUT2D eigenvalue weighted by Crippen LogP contribution is 2.32. The molecule has 88 valence electrons. The summed E-state index contributed by atoms with van der Waals surface area (Å²) in [5.41, 5.74) is 6.37. The monoisotopic (exact) mass is 289 g/mol. The van der Waals surface area contributed by atoms with Crippen molar-refractivity contribution in [1.29, 1.82) is 0 Å². The van der Waals surface area contributed by atoms with Gasteiger partial charge in [-0.2, -0.15) is 0 Å². The van der Waals surface area contributed by atoms with Crippen molar-refractivity contribution in [2.75, 3.05) is 5.73 Å². The van der Waals surface area contributed by atoms with Crippen molar-refractivity contribution in [3.05, 3.63) is 28.0 Å². The summed E-state index contributed by atoms with van der Waals surface area (Å²) in [6.07, 6.45) is 1.14. The summed E-state index contributed by atoms with van der Waals surface area (Å²) in [5.74, 6) is -2.22. The van der Waals surface area contributed by atoms with Gasteiger partial charge in [0.05, 0.1) is 11.6 Å². The molecule has 0 aliphatic rings. The van der Waals surface area contributed by atoms with E-state index in [0.29, 0.717) is 28.6 Å². The van der Waals surface area contributed by atoms with E-state index in [4.69, 9.17) is 10.8 Å². The zero-order chi connectivity index (χ0) is 12.3. The minimum Gasteiger partial charge on any atom is -0.481 e. The van der Waals surface area contributed by atoms with Crippen LogP contribution in [0.4, 0.5) is 10.1 Å². The van der Waals surface area contributed by atoms with Crippen LogP contribution in [0.5, 0.6) is 0 Å². The van der Waals surface area contributed by atoms with E-state index in [1.165, 1.54) is 12.1 Å². The van der Waals surface area contributed by atoms with E-state index in [9.17, 15) is 9.18 Å². The predicted molar refractivity (Wildman–Crippen MR) is 63.8 cm³/mol. The molecule has 3 nitrogen and oxygen atoms in total. The third-order valence-corrected chi connectivity index (χ3v) is 3.03. The van der Waals surface area contributed by atoms with Crippen LogP contribution in [0.15, 0.2) is 16.6 Å². The molecule has 0 radical (unpaired) electrons. The molecule has 0 saturated carbocycles. The van der Waals surface area contributed by atoms with E-state index in [-0.39, 0.29) is 0 Å². The lowest BCUT2D eigenvalue weighted by Gasteiger charge is -2.15. The van der Waals surface area contributed by atoms with Crippen molar-refractivity contribution in [1.82, 2.24) is 0 Å². The lowest BCUT2D eigenvalue weighted by molar-refractivity contribution is -0.139. The molecule has 0 heterocycles. The Morgan fingerprint density at radius 2 is 2.25 bits per heavy atom. The molecule has 0 saturated heterocycles. The molecule has 0 aromatic heterocycles. The quantitative estimate of drug-likeness (QED) is 0.837. The lowest BCUT2D eigenvalue weighted by atomic mass is 9.93. The van der Waals surface area contributed by atoms with Crippen LogP contribution in [0.2, 0.25) is 0 Å². The summed E-state index contributed by atoms with van der Waals surface area (Å²) in [4.78, 5) is 11.1. The largest absolute Gasteiger partial charge is 0.481 e. The molecular weight excluding hydrogens is 277 g/mol. The van der Waals surface area contributed by atoms with Gasteiger partial charge < -0.3 is 10.8 Å². The number of benzene rings is 1. The SMILES string of the molecule is CCCC(C(=O)O)c1cc(F)cc(Br)c1N. The van der Waals surface area contributed by atoms with Gasteiger partial charge in [0, 0.05) is 4.47 Å². The summed E-state index contributed by atoms with van der Waals surface area (Å²) in [6.45, 7) is 1.88. The molecule has 16 heavy (non-hydrogen) atoms. The van der Waals surface area contributed by atoms with Crippen molar-refractivity contribution in [2.24, 2.45) is 0 Å². The summed E-state index contributed by atoms with van der Waals surface area (Å²) < 4.78 is 13.6. The molecule has 1 unspecified atom stereocenters. The average Bonchev–Trinajstić information content (AvgIpc) is 2.20. The van der Waals surface area contributed by atoms with Gasteiger partial charge in [0.15, 0.2) is 0 Å². The Bertz CT molecular complexity index is 409. The molecular formula is C11H13BrFNO2. The Morgan fingerprint density at radius 3 is 2.75 bits per heavy atom. The Labute approximate surface area is 102 Å². The fraction of sp³-hybridized carbons (Fsp3) is 0.364. The van der Waals surface area contributed by atoms with Crippen LogP contribution >= 0.6 is 15.9 Å². The molecule has 1 atom stereocenters. The van der Waals surface area contributed by atoms with E-state index < -0.39 is 17.7 Å². The van der Waals surface area contributed by atoms with Crippen LogP contribution in [-0.2, 0) is 4.79 Å². The number of carboxylic acid groups (broad SMARTS) is 1. The molecule has 5 heteroatoms. The third-order valence-electron chi connectivity index (χ3n) is 2.38. The molecule has 0 aliphatic heterocycles. The first-order valence-electron chi connectivity index (χ1n) is 4.94. The van der Waals surface area contributed by atoms with Gasteiger partial charge in [-0.05, 0) is 40.0 Å². The molecule has 3 N–H and O–H groups in total. The summed E-state index contributed by atoms with van der Waals surface area (Å²) in [5, 5.41) is 9.07. The Hall–Kier alpha value is -1.10. The Balaban J connectivity index is 3.23. The van der Waals surface area contributed by atoms with Gasteiger partial charge in [-0.15, -0.1) is 0 Å². The van der Waals surface area contributed by atoms with Gasteiger partial charge in [0.2, 0.25) is 0 Å². The maximum atomic E-state index is 13.2. The first-order chi connectivity index (χ1) is 7.47. The standard InChI is InChI=1S/C11H13BrFNO2/c1-2-3-7(11(15)16)8-4-6(13)5-9(12)10(8)14/h4-5,7H,2-3,14H2,1H3,(H,15,16). The van der Waals surface area contributed by atoms with Gasteiger partial charge in [-0.25, -0.2) is 4.39 Å². The number of aliphatic carboxylic acids is 1. The number of hydrogen-bond donors (Lipinski definition) is 2. The van der Waals surface area contributed by atoms with Gasteiger partial charge in [-0.1, -0.05) is 13.3 Å². The van der Waals surface area contributed by atoms with E-state index in [1.54, 1.807) is 0 Å². The molecule has 1 aromatic carbocycles. The first kappa shape index (κ1) is 13.0. The van der Waals surface area contributed by atoms with E-state index in [0.717, 1.165) is 0 Å². The minimum atomic E-state index is -0.981. The van der Waals surface area contributed by atoms with E-state index in [1.807, 2.05) is 6.92 Å². The molecule has 0 aliphatic carbocycles. The molecule has 0 fully saturated rings. The van der Waals surface area contributed by atoms with Crippen molar-refractivity contribution < 1.29 is 14.3 Å². The second kappa shape index (κ2) is 5.30. The number of anilines is 1. The normalized spacial score (nSPS) is 12.4. The number of carbonyl (C=O) groups is 1. The lowest BCUT2D eigenvalue weighted by Crippen LogP contribution is -2.14. The molecule has 0 spiro atoms. The summed E-state index contributed by atoms with van der Waals surface area (Å²) >= 11 is 3.11. The van der Waals surface area contributed by atoms with Crippen LogP contribution in [0.3, 0.4) is 0 Å². The predicted octanol–water partition coefficient (Wildman–Crippen LogP) is 3.14.